The second-order valence-electron chi connectivity index (χ2n) is 3.12. The average Bonchev–Trinajstić information content (AvgIpc) is 2.26. The topological polar surface area (TPSA) is 49.0 Å². The molecule has 92 valence electrons. The van der Waals surface area contributed by atoms with Gasteiger partial charge in [0.05, 0.1) is 32.5 Å². The molecule has 0 heterocycles. The molecule has 1 atom stereocenters. The van der Waals surface area contributed by atoms with Gasteiger partial charge in [-0.15, -0.1) is 0 Å². The second-order valence-corrected chi connectivity index (χ2v) is 3.12. The third kappa shape index (κ3) is 10.1. The third-order valence-electron chi connectivity index (χ3n) is 1.91. The van der Waals surface area contributed by atoms with E-state index in [1.54, 1.807) is 21.3 Å². The Balaban J connectivity index is 3.14. The number of nitrogens with one attached hydrogen (secondary N) is 1. The van der Waals surface area contributed by atoms with Gasteiger partial charge in [-0.05, 0) is 0 Å². The minimum absolute atomic E-state index is 0.106. The Morgan fingerprint density at radius 1 is 1.00 bits per heavy atom. The molecule has 0 rings (SSSR count). The molecule has 0 fully saturated rings. The Labute approximate surface area is 92.0 Å². The molecule has 5 heteroatoms. The summed E-state index contributed by atoms with van der Waals surface area (Å²) in [5, 5.41) is 3.23. The maximum atomic E-state index is 5.29. The Morgan fingerprint density at radius 2 is 1.80 bits per heavy atom. The summed E-state index contributed by atoms with van der Waals surface area (Å²) < 4.78 is 20.3. The summed E-state index contributed by atoms with van der Waals surface area (Å²) in [4.78, 5) is 0. The van der Waals surface area contributed by atoms with Gasteiger partial charge in [0.25, 0.3) is 0 Å². The van der Waals surface area contributed by atoms with Crippen molar-refractivity contribution in [1.82, 2.24) is 5.32 Å². The first-order valence-corrected chi connectivity index (χ1v) is 5.14. The highest BCUT2D eigenvalue weighted by Gasteiger charge is 2.04. The van der Waals surface area contributed by atoms with Crippen LogP contribution in [0.5, 0.6) is 0 Å². The average molecular weight is 221 g/mol. The fraction of sp³-hybridized carbons (Fsp3) is 1.00. The van der Waals surface area contributed by atoms with Gasteiger partial charge in [-0.3, -0.25) is 0 Å². The molecule has 0 aromatic carbocycles. The second kappa shape index (κ2) is 11.9. The summed E-state index contributed by atoms with van der Waals surface area (Å²) in [6, 6.07) is 0. The fourth-order valence-corrected chi connectivity index (χ4v) is 1.05. The van der Waals surface area contributed by atoms with Crippen molar-refractivity contribution in [2.24, 2.45) is 0 Å². The highest BCUT2D eigenvalue weighted by Crippen LogP contribution is 1.87. The van der Waals surface area contributed by atoms with E-state index in [2.05, 4.69) is 5.32 Å². The summed E-state index contributed by atoms with van der Waals surface area (Å²) in [6.45, 7) is 4.17. The maximum absolute atomic E-state index is 5.29. The zero-order valence-corrected chi connectivity index (χ0v) is 9.95. The molecule has 0 saturated carbocycles. The van der Waals surface area contributed by atoms with Crippen LogP contribution in [-0.2, 0) is 18.9 Å². The zero-order chi connectivity index (χ0) is 11.4. The Hall–Kier alpha value is -0.200. The van der Waals surface area contributed by atoms with Crippen molar-refractivity contribution < 1.29 is 18.9 Å². The van der Waals surface area contributed by atoms with Crippen molar-refractivity contribution in [3.63, 3.8) is 0 Å². The lowest BCUT2D eigenvalue weighted by atomic mass is 10.4. The number of ether oxygens (including phenoxy) is 4. The molecule has 0 aliphatic rings. The summed E-state index contributed by atoms with van der Waals surface area (Å²) in [5.41, 5.74) is 0. The summed E-state index contributed by atoms with van der Waals surface area (Å²) in [7, 11) is 5.01. The highest BCUT2D eigenvalue weighted by molar-refractivity contribution is 4.59. The van der Waals surface area contributed by atoms with E-state index >= 15 is 0 Å². The molecule has 0 amide bonds. The van der Waals surface area contributed by atoms with Crippen LogP contribution in [0, 0.1) is 0 Å². The summed E-state index contributed by atoms with van der Waals surface area (Å²) in [6.07, 6.45) is 0.106. The molecule has 0 aromatic heterocycles. The normalized spacial score (nSPS) is 13.0. The molecule has 0 bridgehead atoms. The summed E-state index contributed by atoms with van der Waals surface area (Å²) >= 11 is 0. The molecule has 0 radical (unpaired) electrons. The van der Waals surface area contributed by atoms with E-state index in [4.69, 9.17) is 18.9 Å². The van der Waals surface area contributed by atoms with E-state index < -0.39 is 0 Å². The van der Waals surface area contributed by atoms with Gasteiger partial charge in [0.2, 0.25) is 0 Å². The van der Waals surface area contributed by atoms with Gasteiger partial charge in [-0.2, -0.15) is 0 Å². The molecule has 1 unspecified atom stereocenters. The lowest BCUT2D eigenvalue weighted by molar-refractivity contribution is 0.0264. The van der Waals surface area contributed by atoms with Crippen molar-refractivity contribution in [3.8, 4) is 0 Å². The molecule has 5 nitrogen and oxygen atoms in total. The number of hydrogen-bond donors (Lipinski definition) is 1. The lowest BCUT2D eigenvalue weighted by Gasteiger charge is -2.14. The van der Waals surface area contributed by atoms with Crippen molar-refractivity contribution in [2.45, 2.75) is 6.10 Å². The molecule has 0 saturated heterocycles. The fourth-order valence-electron chi connectivity index (χ4n) is 1.05. The minimum Gasteiger partial charge on any atom is -0.382 e. The third-order valence-corrected chi connectivity index (χ3v) is 1.91. The van der Waals surface area contributed by atoms with Crippen LogP contribution in [0.25, 0.3) is 0 Å². The molecule has 0 aliphatic carbocycles. The van der Waals surface area contributed by atoms with Crippen molar-refractivity contribution in [2.75, 3.05) is 60.8 Å². The van der Waals surface area contributed by atoms with E-state index in [0.29, 0.717) is 26.4 Å². The van der Waals surface area contributed by atoms with Crippen LogP contribution in [0.15, 0.2) is 0 Å². The first kappa shape index (κ1) is 14.8. The van der Waals surface area contributed by atoms with Crippen LogP contribution in [0.2, 0.25) is 0 Å². The minimum atomic E-state index is 0.106. The van der Waals surface area contributed by atoms with Crippen LogP contribution in [0.3, 0.4) is 0 Å². The van der Waals surface area contributed by atoms with Crippen molar-refractivity contribution in [3.05, 3.63) is 0 Å². The predicted molar refractivity (Wildman–Crippen MR) is 58.2 cm³/mol. The maximum Gasteiger partial charge on any atom is 0.0928 e. The van der Waals surface area contributed by atoms with Crippen molar-refractivity contribution in [1.29, 1.82) is 0 Å². The SMILES string of the molecule is COCCOCCNCC(COC)OC. The molecule has 0 spiro atoms. The van der Waals surface area contributed by atoms with E-state index in [9.17, 15) is 0 Å². The molecular formula is C10H23NO4. The van der Waals surface area contributed by atoms with Gasteiger partial charge in [0, 0.05) is 34.4 Å². The largest absolute Gasteiger partial charge is 0.382 e. The van der Waals surface area contributed by atoms with E-state index in [1.807, 2.05) is 0 Å². The molecular weight excluding hydrogens is 198 g/mol. The van der Waals surface area contributed by atoms with Crippen LogP contribution in [-0.4, -0.2) is 67.0 Å². The lowest BCUT2D eigenvalue weighted by Crippen LogP contribution is -2.33. The highest BCUT2D eigenvalue weighted by atomic mass is 16.5. The number of hydrogen-bond acceptors (Lipinski definition) is 5. The summed E-state index contributed by atoms with van der Waals surface area (Å²) in [5.74, 6) is 0. The molecule has 0 aromatic rings. The van der Waals surface area contributed by atoms with Crippen molar-refractivity contribution >= 4 is 0 Å². The van der Waals surface area contributed by atoms with Crippen LogP contribution < -0.4 is 5.32 Å². The van der Waals surface area contributed by atoms with Crippen LogP contribution in [0.1, 0.15) is 0 Å². The predicted octanol–water partition coefficient (Wildman–Crippen LogP) is -0.0996. The smallest absolute Gasteiger partial charge is 0.0928 e. The molecule has 0 aliphatic heterocycles. The first-order valence-electron chi connectivity index (χ1n) is 5.14. The Bertz CT molecular complexity index is 124. The Kier molecular flexibility index (Phi) is 11.7. The van der Waals surface area contributed by atoms with E-state index in [0.717, 1.165) is 13.1 Å². The van der Waals surface area contributed by atoms with Gasteiger partial charge in [0.1, 0.15) is 0 Å². The van der Waals surface area contributed by atoms with Gasteiger partial charge < -0.3 is 24.3 Å². The van der Waals surface area contributed by atoms with Gasteiger partial charge >= 0.3 is 0 Å². The Morgan fingerprint density at radius 3 is 2.40 bits per heavy atom. The van der Waals surface area contributed by atoms with E-state index in [1.165, 1.54) is 0 Å². The number of methoxy groups -OCH3 is 3. The zero-order valence-electron chi connectivity index (χ0n) is 9.95. The molecule has 15 heavy (non-hydrogen) atoms. The number of rotatable bonds is 11. The van der Waals surface area contributed by atoms with Crippen LogP contribution >= 0.6 is 0 Å². The van der Waals surface area contributed by atoms with Gasteiger partial charge in [-0.1, -0.05) is 0 Å². The first-order chi connectivity index (χ1) is 7.35. The van der Waals surface area contributed by atoms with Crippen LogP contribution in [0.4, 0.5) is 0 Å². The standard InChI is InChI=1S/C10H23NO4/c1-12-6-7-15-5-4-11-8-10(14-3)9-13-2/h10-11H,4-9H2,1-3H3. The van der Waals surface area contributed by atoms with Gasteiger partial charge in [-0.25, -0.2) is 0 Å². The monoisotopic (exact) mass is 221 g/mol. The molecule has 1 N–H and O–H groups in total. The van der Waals surface area contributed by atoms with E-state index in [-0.39, 0.29) is 6.10 Å². The quantitative estimate of drug-likeness (QED) is 0.494. The van der Waals surface area contributed by atoms with Gasteiger partial charge in [0.15, 0.2) is 0 Å².